The van der Waals surface area contributed by atoms with Crippen LogP contribution in [0.15, 0.2) is 176 Å². The van der Waals surface area contributed by atoms with Crippen molar-refractivity contribution in [2.24, 2.45) is 0 Å². The molecule has 9 aromatic rings. The van der Waals surface area contributed by atoms with E-state index in [2.05, 4.69) is 164 Å². The van der Waals surface area contributed by atoms with E-state index in [-0.39, 0.29) is 6.71 Å². The fraction of sp³-hybridized carbons (Fsp3) is 0. The summed E-state index contributed by atoms with van der Waals surface area (Å²) >= 11 is 0. The van der Waals surface area contributed by atoms with Crippen LogP contribution in [-0.4, -0.2) is 6.71 Å². The number of para-hydroxylation sites is 2. The zero-order valence-corrected chi connectivity index (χ0v) is 27.6. The van der Waals surface area contributed by atoms with Crippen molar-refractivity contribution in [2.75, 3.05) is 0 Å². The van der Waals surface area contributed by atoms with Crippen LogP contribution in [0, 0.1) is 0 Å². The average Bonchev–Trinajstić information content (AvgIpc) is 3.19. The number of benzene rings is 9. The third-order valence-corrected chi connectivity index (χ3v) is 10.7. The Morgan fingerprint density at radius 2 is 0.765 bits per heavy atom. The summed E-state index contributed by atoms with van der Waals surface area (Å²) in [6, 6.07) is 63.2. The van der Waals surface area contributed by atoms with Gasteiger partial charge in [-0.1, -0.05) is 140 Å². The summed E-state index contributed by atoms with van der Waals surface area (Å²) in [7, 11) is 0. The van der Waals surface area contributed by atoms with Gasteiger partial charge in [0.1, 0.15) is 23.0 Å². The molecule has 0 unspecified atom stereocenters. The first-order chi connectivity index (χ1) is 25.3. The van der Waals surface area contributed by atoms with E-state index in [9.17, 15) is 0 Å². The topological polar surface area (TPSA) is 18.5 Å². The SMILES string of the molecule is c1ccc(-c2c3ccccc3c(-c3ccc4cc(-c5cc6c7c(c5)Oc5ccccc5B7c5ccccc5O6)ccc4c3)c3ccccc23)cc1. The van der Waals surface area contributed by atoms with E-state index in [0.717, 1.165) is 39.6 Å². The van der Waals surface area contributed by atoms with Crippen molar-refractivity contribution in [3.8, 4) is 56.4 Å². The Morgan fingerprint density at radius 3 is 1.33 bits per heavy atom. The van der Waals surface area contributed by atoms with Gasteiger partial charge in [0.2, 0.25) is 0 Å². The molecule has 0 spiro atoms. The summed E-state index contributed by atoms with van der Waals surface area (Å²) in [5, 5.41) is 7.44. The molecule has 0 N–H and O–H groups in total. The van der Waals surface area contributed by atoms with Gasteiger partial charge < -0.3 is 9.47 Å². The Labute approximate surface area is 296 Å². The first-order valence-corrected chi connectivity index (χ1v) is 17.5. The Balaban J connectivity index is 1.05. The Morgan fingerprint density at radius 1 is 0.314 bits per heavy atom. The molecule has 0 aliphatic carbocycles. The smallest absolute Gasteiger partial charge is 0.260 e. The molecular formula is C48H29BO2. The molecule has 0 bridgehead atoms. The standard InChI is InChI=1S/C48H29BO2/c1-2-12-30(13-3-1)46-36-14-4-6-16-38(36)47(39-17-7-5-15-37(39)46)34-25-24-31-26-33(23-22-32(31)27-34)35-28-44-48-45(29-35)51-43-21-11-9-19-41(43)49(48)40-18-8-10-20-42(40)50-44/h1-29H. The largest absolute Gasteiger partial charge is 0.458 e. The normalized spacial score (nSPS) is 12.6. The molecule has 0 radical (unpaired) electrons. The van der Waals surface area contributed by atoms with Gasteiger partial charge in [-0.25, -0.2) is 0 Å². The zero-order chi connectivity index (χ0) is 33.5. The predicted molar refractivity (Wildman–Crippen MR) is 213 cm³/mol. The number of fused-ring (bicyclic) bond motifs is 7. The Kier molecular flexibility index (Phi) is 6.08. The molecule has 2 heterocycles. The van der Waals surface area contributed by atoms with E-state index in [4.69, 9.17) is 9.47 Å². The molecule has 11 rings (SSSR count). The van der Waals surface area contributed by atoms with E-state index in [0.29, 0.717) is 0 Å². The van der Waals surface area contributed by atoms with Crippen molar-refractivity contribution in [3.63, 3.8) is 0 Å². The summed E-state index contributed by atoms with van der Waals surface area (Å²) in [4.78, 5) is 0. The molecule has 9 aromatic carbocycles. The highest BCUT2D eigenvalue weighted by Gasteiger charge is 2.40. The van der Waals surface area contributed by atoms with Gasteiger partial charge in [-0.3, -0.25) is 0 Å². The maximum Gasteiger partial charge on any atom is 0.260 e. The molecule has 51 heavy (non-hydrogen) atoms. The minimum atomic E-state index is 0.0721. The lowest BCUT2D eigenvalue weighted by Crippen LogP contribution is -2.57. The highest BCUT2D eigenvalue weighted by atomic mass is 16.5. The van der Waals surface area contributed by atoms with E-state index < -0.39 is 0 Å². The monoisotopic (exact) mass is 648 g/mol. The van der Waals surface area contributed by atoms with Crippen molar-refractivity contribution in [1.82, 2.24) is 0 Å². The van der Waals surface area contributed by atoms with Crippen molar-refractivity contribution >= 4 is 55.4 Å². The first-order valence-electron chi connectivity index (χ1n) is 17.5. The molecule has 2 nitrogen and oxygen atoms in total. The second-order valence-electron chi connectivity index (χ2n) is 13.6. The molecular weight excluding hydrogens is 619 g/mol. The lowest BCUT2D eigenvalue weighted by Gasteiger charge is -2.33. The minimum Gasteiger partial charge on any atom is -0.458 e. The minimum absolute atomic E-state index is 0.0721. The van der Waals surface area contributed by atoms with Crippen LogP contribution in [-0.2, 0) is 0 Å². The quantitative estimate of drug-likeness (QED) is 0.140. The highest BCUT2D eigenvalue weighted by Crippen LogP contribution is 2.44. The Bertz CT molecular complexity index is 2750. The van der Waals surface area contributed by atoms with Gasteiger partial charge >= 0.3 is 0 Å². The van der Waals surface area contributed by atoms with E-state index in [1.807, 2.05) is 12.1 Å². The average molecular weight is 649 g/mol. The molecule has 236 valence electrons. The maximum absolute atomic E-state index is 6.58. The summed E-state index contributed by atoms with van der Waals surface area (Å²) < 4.78 is 13.2. The van der Waals surface area contributed by atoms with Gasteiger partial charge in [-0.2, -0.15) is 0 Å². The highest BCUT2D eigenvalue weighted by molar-refractivity contribution is 6.98. The number of hydrogen-bond acceptors (Lipinski definition) is 2. The fourth-order valence-corrected chi connectivity index (χ4v) is 8.50. The zero-order valence-electron chi connectivity index (χ0n) is 27.6. The second-order valence-corrected chi connectivity index (χ2v) is 13.6. The van der Waals surface area contributed by atoms with Crippen LogP contribution < -0.4 is 25.9 Å². The molecule has 0 fully saturated rings. The molecule has 2 aliphatic rings. The third kappa shape index (κ3) is 4.31. The summed E-state index contributed by atoms with van der Waals surface area (Å²) in [5.74, 6) is 3.51. The van der Waals surface area contributed by atoms with Gasteiger partial charge in [0.25, 0.3) is 6.71 Å². The summed E-state index contributed by atoms with van der Waals surface area (Å²) in [6.07, 6.45) is 0. The lowest BCUT2D eigenvalue weighted by atomic mass is 9.35. The maximum atomic E-state index is 6.58. The van der Waals surface area contributed by atoms with E-state index >= 15 is 0 Å². The van der Waals surface area contributed by atoms with Crippen molar-refractivity contribution in [3.05, 3.63) is 176 Å². The number of hydrogen-bond donors (Lipinski definition) is 0. The number of ether oxygens (including phenoxy) is 2. The van der Waals surface area contributed by atoms with Crippen LogP contribution in [0.5, 0.6) is 23.0 Å². The third-order valence-electron chi connectivity index (χ3n) is 10.7. The van der Waals surface area contributed by atoms with Gasteiger partial charge in [0.15, 0.2) is 0 Å². The van der Waals surface area contributed by atoms with Crippen LogP contribution in [0.1, 0.15) is 0 Å². The number of rotatable bonds is 3. The molecule has 0 aromatic heterocycles. The van der Waals surface area contributed by atoms with Crippen molar-refractivity contribution in [1.29, 1.82) is 0 Å². The molecule has 0 atom stereocenters. The van der Waals surface area contributed by atoms with E-state index in [1.165, 1.54) is 65.5 Å². The van der Waals surface area contributed by atoms with Gasteiger partial charge in [-0.15, -0.1) is 0 Å². The van der Waals surface area contributed by atoms with Crippen LogP contribution in [0.25, 0.3) is 65.7 Å². The summed E-state index contributed by atoms with van der Waals surface area (Å²) in [6.45, 7) is 0.0721. The first kappa shape index (κ1) is 28.3. The molecule has 3 heteroatoms. The molecule has 0 amide bonds. The van der Waals surface area contributed by atoms with Crippen LogP contribution in [0.2, 0.25) is 0 Å². The summed E-state index contributed by atoms with van der Waals surface area (Å²) in [5.41, 5.74) is 10.6. The van der Waals surface area contributed by atoms with Gasteiger partial charge in [0.05, 0.1) is 0 Å². The molecule has 0 saturated heterocycles. The van der Waals surface area contributed by atoms with Crippen molar-refractivity contribution < 1.29 is 9.47 Å². The van der Waals surface area contributed by atoms with Crippen LogP contribution in [0.3, 0.4) is 0 Å². The lowest BCUT2D eigenvalue weighted by molar-refractivity contribution is 0.465. The Hall–Kier alpha value is -6.58. The molecule has 0 saturated carbocycles. The van der Waals surface area contributed by atoms with Gasteiger partial charge in [0, 0.05) is 5.46 Å². The van der Waals surface area contributed by atoms with Crippen LogP contribution in [0.4, 0.5) is 0 Å². The van der Waals surface area contributed by atoms with Gasteiger partial charge in [-0.05, 0) is 113 Å². The van der Waals surface area contributed by atoms with Crippen molar-refractivity contribution in [2.45, 2.75) is 0 Å². The van der Waals surface area contributed by atoms with E-state index in [1.54, 1.807) is 0 Å². The van der Waals surface area contributed by atoms with Crippen LogP contribution >= 0.6 is 0 Å². The second kappa shape index (κ2) is 11.0. The molecule has 2 aliphatic heterocycles. The fourth-order valence-electron chi connectivity index (χ4n) is 8.50. The predicted octanol–water partition coefficient (Wildman–Crippen LogP) is 10.9.